The minimum Gasteiger partial charge on any atom is -0.478 e. The number of benzene rings is 2. The van der Waals surface area contributed by atoms with Crippen molar-refractivity contribution in [3.63, 3.8) is 0 Å². The van der Waals surface area contributed by atoms with Crippen molar-refractivity contribution < 1.29 is 27.8 Å². The molecule has 0 saturated carbocycles. The van der Waals surface area contributed by atoms with E-state index in [0.717, 1.165) is 30.4 Å². The van der Waals surface area contributed by atoms with Gasteiger partial charge in [0.15, 0.2) is 11.6 Å². The van der Waals surface area contributed by atoms with Crippen molar-refractivity contribution in [3.8, 4) is 11.5 Å². The number of carbonyl (C=O) groups is 1. The number of halogens is 3. The number of carboxylic acids is 1. The Hall–Kier alpha value is -2.76. The molecule has 108 valence electrons. The summed E-state index contributed by atoms with van der Waals surface area (Å²) in [6, 6.07) is 6.71. The van der Waals surface area contributed by atoms with E-state index in [0.29, 0.717) is 0 Å². The van der Waals surface area contributed by atoms with Gasteiger partial charge in [0, 0.05) is 12.1 Å². The summed E-state index contributed by atoms with van der Waals surface area (Å²) < 4.78 is 44.9. The van der Waals surface area contributed by atoms with Crippen LogP contribution in [0.2, 0.25) is 0 Å². The highest BCUT2D eigenvalue weighted by Crippen LogP contribution is 2.29. The highest BCUT2D eigenvalue weighted by atomic mass is 19.2. The molecule has 2 aromatic rings. The van der Waals surface area contributed by atoms with Gasteiger partial charge in [0.1, 0.15) is 17.3 Å². The van der Waals surface area contributed by atoms with Gasteiger partial charge in [-0.3, -0.25) is 0 Å². The van der Waals surface area contributed by atoms with Gasteiger partial charge in [0.05, 0.1) is 5.56 Å². The van der Waals surface area contributed by atoms with E-state index in [1.807, 2.05) is 0 Å². The first-order valence-electron chi connectivity index (χ1n) is 5.80. The van der Waals surface area contributed by atoms with Gasteiger partial charge in [-0.15, -0.1) is 0 Å². The standard InChI is InChI=1S/C15H9F3O3/c16-11-2-1-3-14(10(11)5-7-15(19)20)21-9-4-6-12(17)13(18)8-9/h1-8H,(H,19,20)/b7-5+. The van der Waals surface area contributed by atoms with E-state index in [1.54, 1.807) is 0 Å². The summed E-state index contributed by atoms with van der Waals surface area (Å²) in [5.74, 6) is -4.15. The second-order valence-corrected chi connectivity index (χ2v) is 4.00. The summed E-state index contributed by atoms with van der Waals surface area (Å²) in [5.41, 5.74) is -0.107. The number of rotatable bonds is 4. The maximum absolute atomic E-state index is 13.7. The number of ether oxygens (including phenoxy) is 1. The lowest BCUT2D eigenvalue weighted by molar-refractivity contribution is -0.131. The molecular weight excluding hydrogens is 285 g/mol. The van der Waals surface area contributed by atoms with Crippen LogP contribution < -0.4 is 4.74 Å². The molecule has 1 N–H and O–H groups in total. The Morgan fingerprint density at radius 3 is 2.48 bits per heavy atom. The van der Waals surface area contributed by atoms with Crippen molar-refractivity contribution in [1.29, 1.82) is 0 Å². The van der Waals surface area contributed by atoms with Crippen LogP contribution in [0.4, 0.5) is 13.2 Å². The predicted molar refractivity (Wildman–Crippen MR) is 69.5 cm³/mol. The maximum Gasteiger partial charge on any atom is 0.328 e. The van der Waals surface area contributed by atoms with Gasteiger partial charge in [-0.05, 0) is 30.3 Å². The molecule has 0 bridgehead atoms. The van der Waals surface area contributed by atoms with Crippen LogP contribution in [0.3, 0.4) is 0 Å². The third-order valence-corrected chi connectivity index (χ3v) is 2.52. The molecule has 6 heteroatoms. The van der Waals surface area contributed by atoms with E-state index < -0.39 is 23.4 Å². The Morgan fingerprint density at radius 2 is 1.81 bits per heavy atom. The van der Waals surface area contributed by atoms with Gasteiger partial charge in [-0.25, -0.2) is 18.0 Å². The molecule has 0 aliphatic heterocycles. The average molecular weight is 294 g/mol. The summed E-state index contributed by atoms with van der Waals surface area (Å²) in [4.78, 5) is 10.5. The lowest BCUT2D eigenvalue weighted by atomic mass is 10.1. The number of hydrogen-bond acceptors (Lipinski definition) is 2. The normalized spacial score (nSPS) is 10.8. The predicted octanol–water partition coefficient (Wildman–Crippen LogP) is 3.99. The van der Waals surface area contributed by atoms with E-state index in [4.69, 9.17) is 9.84 Å². The van der Waals surface area contributed by atoms with Gasteiger partial charge in [0.2, 0.25) is 0 Å². The SMILES string of the molecule is O=C(O)/C=C/c1c(F)cccc1Oc1ccc(F)c(F)c1. The molecular formula is C15H9F3O3. The first-order chi connectivity index (χ1) is 9.97. The van der Waals surface area contributed by atoms with Crippen LogP contribution in [-0.4, -0.2) is 11.1 Å². The molecule has 0 fully saturated rings. The van der Waals surface area contributed by atoms with Crippen LogP contribution in [0.25, 0.3) is 6.08 Å². The zero-order valence-corrected chi connectivity index (χ0v) is 10.5. The van der Waals surface area contributed by atoms with Crippen LogP contribution >= 0.6 is 0 Å². The Kier molecular flexibility index (Phi) is 4.27. The fourth-order valence-corrected chi connectivity index (χ4v) is 1.59. The number of hydrogen-bond donors (Lipinski definition) is 1. The summed E-state index contributed by atoms with van der Waals surface area (Å²) >= 11 is 0. The van der Waals surface area contributed by atoms with Crippen LogP contribution in [0.1, 0.15) is 5.56 Å². The first kappa shape index (κ1) is 14.6. The van der Waals surface area contributed by atoms with E-state index >= 15 is 0 Å². The monoisotopic (exact) mass is 294 g/mol. The largest absolute Gasteiger partial charge is 0.478 e. The smallest absolute Gasteiger partial charge is 0.328 e. The second kappa shape index (κ2) is 6.13. The Morgan fingerprint density at radius 1 is 1.05 bits per heavy atom. The van der Waals surface area contributed by atoms with Gasteiger partial charge in [-0.1, -0.05) is 6.07 Å². The Labute approximate surface area is 117 Å². The molecule has 2 aromatic carbocycles. The third-order valence-electron chi connectivity index (χ3n) is 2.52. The van der Waals surface area contributed by atoms with Gasteiger partial charge in [0.25, 0.3) is 0 Å². The number of aliphatic carboxylic acids is 1. The maximum atomic E-state index is 13.7. The second-order valence-electron chi connectivity index (χ2n) is 4.00. The molecule has 2 rings (SSSR count). The van der Waals surface area contributed by atoms with E-state index in [-0.39, 0.29) is 17.1 Å². The molecule has 21 heavy (non-hydrogen) atoms. The third kappa shape index (κ3) is 3.62. The summed E-state index contributed by atoms with van der Waals surface area (Å²) in [7, 11) is 0. The van der Waals surface area contributed by atoms with Crippen LogP contribution in [0.15, 0.2) is 42.5 Å². The molecule has 0 unspecified atom stereocenters. The minimum absolute atomic E-state index is 0.0153. The molecule has 0 aromatic heterocycles. The lowest BCUT2D eigenvalue weighted by Gasteiger charge is -2.09. The van der Waals surface area contributed by atoms with Crippen molar-refractivity contribution in [3.05, 3.63) is 65.5 Å². The zero-order valence-electron chi connectivity index (χ0n) is 10.5. The molecule has 0 spiro atoms. The van der Waals surface area contributed by atoms with E-state index in [1.165, 1.54) is 18.2 Å². The van der Waals surface area contributed by atoms with Crippen LogP contribution in [-0.2, 0) is 4.79 Å². The van der Waals surface area contributed by atoms with Crippen LogP contribution in [0.5, 0.6) is 11.5 Å². The highest BCUT2D eigenvalue weighted by Gasteiger charge is 2.10. The summed E-state index contributed by atoms with van der Waals surface area (Å²) in [5, 5.41) is 8.57. The van der Waals surface area contributed by atoms with Crippen LogP contribution in [0, 0.1) is 17.5 Å². The summed E-state index contributed by atoms with van der Waals surface area (Å²) in [6.45, 7) is 0. The molecule has 0 heterocycles. The van der Waals surface area contributed by atoms with Crippen molar-refractivity contribution >= 4 is 12.0 Å². The molecule has 0 aliphatic carbocycles. The van der Waals surface area contributed by atoms with Gasteiger partial charge >= 0.3 is 5.97 Å². The Bertz CT molecular complexity index is 711. The highest BCUT2D eigenvalue weighted by molar-refractivity contribution is 5.86. The van der Waals surface area contributed by atoms with Crippen molar-refractivity contribution in [2.24, 2.45) is 0 Å². The van der Waals surface area contributed by atoms with E-state index in [9.17, 15) is 18.0 Å². The minimum atomic E-state index is -1.25. The molecule has 0 aliphatic rings. The average Bonchev–Trinajstić information content (AvgIpc) is 2.42. The van der Waals surface area contributed by atoms with Crippen molar-refractivity contribution in [2.45, 2.75) is 0 Å². The lowest BCUT2D eigenvalue weighted by Crippen LogP contribution is -1.93. The fourth-order valence-electron chi connectivity index (χ4n) is 1.59. The number of carboxylic acid groups (broad SMARTS) is 1. The van der Waals surface area contributed by atoms with Gasteiger partial charge < -0.3 is 9.84 Å². The zero-order chi connectivity index (χ0) is 15.4. The van der Waals surface area contributed by atoms with Crippen molar-refractivity contribution in [2.75, 3.05) is 0 Å². The summed E-state index contributed by atoms with van der Waals surface area (Å²) in [6.07, 6.45) is 1.77. The fraction of sp³-hybridized carbons (Fsp3) is 0. The molecule has 0 amide bonds. The first-order valence-corrected chi connectivity index (χ1v) is 5.80. The van der Waals surface area contributed by atoms with Gasteiger partial charge in [-0.2, -0.15) is 0 Å². The Balaban J connectivity index is 2.37. The van der Waals surface area contributed by atoms with Crippen molar-refractivity contribution in [1.82, 2.24) is 0 Å². The van der Waals surface area contributed by atoms with E-state index in [2.05, 4.69) is 0 Å². The topological polar surface area (TPSA) is 46.5 Å². The molecule has 0 atom stereocenters. The molecule has 0 saturated heterocycles. The molecule has 3 nitrogen and oxygen atoms in total. The molecule has 0 radical (unpaired) electrons. The quantitative estimate of drug-likeness (QED) is 0.867.